The van der Waals surface area contributed by atoms with Gasteiger partial charge >= 0.3 is 0 Å². The Bertz CT molecular complexity index is 386. The summed E-state index contributed by atoms with van der Waals surface area (Å²) in [5, 5.41) is 3.42. The van der Waals surface area contributed by atoms with Crippen molar-refractivity contribution in [3.63, 3.8) is 0 Å². The molecular formula is C13H18ClNO. The Hall–Kier alpha value is -0.730. The van der Waals surface area contributed by atoms with E-state index in [1.165, 1.54) is 24.0 Å². The van der Waals surface area contributed by atoms with Crippen molar-refractivity contribution in [3.8, 4) is 5.75 Å². The van der Waals surface area contributed by atoms with Crippen LogP contribution in [0.15, 0.2) is 18.2 Å². The molecule has 2 heterocycles. The lowest BCUT2D eigenvalue weighted by atomic mass is 9.75. The number of hydrogen-bond donors (Lipinski definition) is 1. The van der Waals surface area contributed by atoms with Crippen molar-refractivity contribution < 1.29 is 4.74 Å². The van der Waals surface area contributed by atoms with Crippen LogP contribution in [0.3, 0.4) is 0 Å². The van der Waals surface area contributed by atoms with Crippen LogP contribution in [0.2, 0.25) is 0 Å². The minimum atomic E-state index is 0. The maximum atomic E-state index is 5.84. The molecule has 1 N–H and O–H groups in total. The van der Waals surface area contributed by atoms with Crippen LogP contribution in [0.5, 0.6) is 5.75 Å². The summed E-state index contributed by atoms with van der Waals surface area (Å²) in [7, 11) is 0. The second kappa shape index (κ2) is 4.27. The lowest BCUT2D eigenvalue weighted by molar-refractivity contribution is 0.220. The average Bonchev–Trinajstić information content (AvgIpc) is 2.58. The summed E-state index contributed by atoms with van der Waals surface area (Å²) < 4.78 is 5.84. The number of nitrogens with one attached hydrogen (secondary N) is 1. The highest BCUT2D eigenvalue weighted by atomic mass is 35.5. The Morgan fingerprint density at radius 3 is 2.75 bits per heavy atom. The minimum absolute atomic E-state index is 0. The molecule has 2 aliphatic rings. The van der Waals surface area contributed by atoms with E-state index in [0.717, 1.165) is 25.4 Å². The number of hydrogen-bond acceptors (Lipinski definition) is 2. The van der Waals surface area contributed by atoms with E-state index in [0.29, 0.717) is 5.41 Å². The third kappa shape index (κ3) is 1.70. The van der Waals surface area contributed by atoms with Crippen molar-refractivity contribution in [2.24, 2.45) is 0 Å². The molecule has 0 unspecified atom stereocenters. The van der Waals surface area contributed by atoms with Crippen LogP contribution in [0.25, 0.3) is 0 Å². The summed E-state index contributed by atoms with van der Waals surface area (Å²) in [5.41, 5.74) is 3.04. The summed E-state index contributed by atoms with van der Waals surface area (Å²) in [4.78, 5) is 0. The van der Waals surface area contributed by atoms with E-state index in [-0.39, 0.29) is 12.4 Å². The van der Waals surface area contributed by atoms with Crippen molar-refractivity contribution in [1.29, 1.82) is 0 Å². The molecule has 1 saturated heterocycles. The van der Waals surface area contributed by atoms with Crippen LogP contribution in [-0.2, 0) is 5.41 Å². The van der Waals surface area contributed by atoms with Crippen molar-refractivity contribution >= 4 is 12.4 Å². The SMILES string of the molecule is Cc1ccc2c(c1)OCC21CCNCC1.Cl. The largest absolute Gasteiger partial charge is 0.492 e. The molecule has 3 rings (SSSR count). The predicted octanol–water partition coefficient (Wildman–Crippen LogP) is 2.43. The van der Waals surface area contributed by atoms with Gasteiger partial charge in [0.1, 0.15) is 5.75 Å². The normalized spacial score (nSPS) is 21.1. The summed E-state index contributed by atoms with van der Waals surface area (Å²) in [6.07, 6.45) is 2.42. The van der Waals surface area contributed by atoms with Crippen molar-refractivity contribution in [2.45, 2.75) is 25.2 Å². The van der Waals surface area contributed by atoms with Crippen LogP contribution in [0, 0.1) is 6.92 Å². The molecule has 88 valence electrons. The first-order valence-corrected chi connectivity index (χ1v) is 5.75. The van der Waals surface area contributed by atoms with Crippen LogP contribution < -0.4 is 10.1 Å². The van der Waals surface area contributed by atoms with Crippen molar-refractivity contribution in [3.05, 3.63) is 29.3 Å². The summed E-state index contributed by atoms with van der Waals surface area (Å²) in [6, 6.07) is 6.65. The molecular weight excluding hydrogens is 222 g/mol. The van der Waals surface area contributed by atoms with Gasteiger partial charge in [0.2, 0.25) is 0 Å². The molecule has 0 aromatic heterocycles. The van der Waals surface area contributed by atoms with Gasteiger partial charge in [-0.05, 0) is 44.5 Å². The number of ether oxygens (including phenoxy) is 1. The maximum absolute atomic E-state index is 5.84. The highest BCUT2D eigenvalue weighted by molar-refractivity contribution is 5.85. The van der Waals surface area contributed by atoms with Crippen LogP contribution in [0.4, 0.5) is 0 Å². The fourth-order valence-electron chi connectivity index (χ4n) is 2.80. The summed E-state index contributed by atoms with van der Waals surface area (Å²) in [5.74, 6) is 1.12. The number of aryl methyl sites for hydroxylation is 1. The zero-order valence-electron chi connectivity index (χ0n) is 9.58. The molecule has 1 aromatic rings. The number of rotatable bonds is 0. The van der Waals surface area contributed by atoms with Gasteiger partial charge in [0.25, 0.3) is 0 Å². The van der Waals surface area contributed by atoms with E-state index in [1.807, 2.05) is 0 Å². The van der Waals surface area contributed by atoms with E-state index in [2.05, 4.69) is 30.4 Å². The number of halogens is 1. The first-order valence-electron chi connectivity index (χ1n) is 5.75. The molecule has 3 heteroatoms. The summed E-state index contributed by atoms with van der Waals surface area (Å²) in [6.45, 7) is 5.25. The number of piperidine rings is 1. The van der Waals surface area contributed by atoms with Gasteiger partial charge in [-0.15, -0.1) is 12.4 Å². The van der Waals surface area contributed by atoms with Gasteiger partial charge in [-0.2, -0.15) is 0 Å². The lowest BCUT2D eigenvalue weighted by Gasteiger charge is -2.32. The van der Waals surface area contributed by atoms with E-state index in [1.54, 1.807) is 0 Å². The van der Waals surface area contributed by atoms with Gasteiger partial charge in [0.05, 0.1) is 6.61 Å². The Balaban J connectivity index is 0.000000963. The molecule has 0 saturated carbocycles. The van der Waals surface area contributed by atoms with Gasteiger partial charge in [-0.1, -0.05) is 12.1 Å². The fraction of sp³-hybridized carbons (Fsp3) is 0.538. The van der Waals surface area contributed by atoms with Crippen molar-refractivity contribution in [1.82, 2.24) is 5.32 Å². The molecule has 2 aliphatic heterocycles. The van der Waals surface area contributed by atoms with Crippen LogP contribution in [0.1, 0.15) is 24.0 Å². The quantitative estimate of drug-likeness (QED) is 0.751. The molecule has 1 spiro atoms. The van der Waals surface area contributed by atoms with E-state index >= 15 is 0 Å². The van der Waals surface area contributed by atoms with Gasteiger partial charge in [0.15, 0.2) is 0 Å². The van der Waals surface area contributed by atoms with Gasteiger partial charge < -0.3 is 10.1 Å². The van der Waals surface area contributed by atoms with Gasteiger partial charge in [-0.3, -0.25) is 0 Å². The second-order valence-corrected chi connectivity index (χ2v) is 4.82. The first kappa shape index (κ1) is 11.7. The monoisotopic (exact) mass is 239 g/mol. The molecule has 0 amide bonds. The zero-order chi connectivity index (χ0) is 10.3. The van der Waals surface area contributed by atoms with Crippen LogP contribution >= 0.6 is 12.4 Å². The third-order valence-corrected chi connectivity index (χ3v) is 3.77. The Kier molecular flexibility index (Phi) is 3.13. The van der Waals surface area contributed by atoms with Gasteiger partial charge in [0, 0.05) is 11.0 Å². The highest BCUT2D eigenvalue weighted by Crippen LogP contribution is 2.44. The zero-order valence-corrected chi connectivity index (χ0v) is 10.4. The molecule has 1 fully saturated rings. The molecule has 0 aliphatic carbocycles. The number of fused-ring (bicyclic) bond motifs is 2. The molecule has 16 heavy (non-hydrogen) atoms. The maximum Gasteiger partial charge on any atom is 0.123 e. The van der Waals surface area contributed by atoms with Crippen LogP contribution in [-0.4, -0.2) is 19.7 Å². The highest BCUT2D eigenvalue weighted by Gasteiger charge is 2.41. The van der Waals surface area contributed by atoms with E-state index in [4.69, 9.17) is 4.74 Å². The molecule has 0 bridgehead atoms. The predicted molar refractivity (Wildman–Crippen MR) is 67.7 cm³/mol. The fourth-order valence-corrected chi connectivity index (χ4v) is 2.80. The third-order valence-electron chi connectivity index (χ3n) is 3.77. The van der Waals surface area contributed by atoms with E-state index < -0.39 is 0 Å². The second-order valence-electron chi connectivity index (χ2n) is 4.82. The molecule has 2 nitrogen and oxygen atoms in total. The average molecular weight is 240 g/mol. The minimum Gasteiger partial charge on any atom is -0.492 e. The molecule has 0 atom stereocenters. The lowest BCUT2D eigenvalue weighted by Crippen LogP contribution is -2.40. The number of benzene rings is 1. The van der Waals surface area contributed by atoms with Crippen molar-refractivity contribution in [2.75, 3.05) is 19.7 Å². The Morgan fingerprint density at radius 2 is 2.00 bits per heavy atom. The smallest absolute Gasteiger partial charge is 0.123 e. The molecule has 0 radical (unpaired) electrons. The van der Waals surface area contributed by atoms with Gasteiger partial charge in [-0.25, -0.2) is 0 Å². The van der Waals surface area contributed by atoms with E-state index in [9.17, 15) is 0 Å². The first-order chi connectivity index (χ1) is 7.30. The Morgan fingerprint density at radius 1 is 1.25 bits per heavy atom. The topological polar surface area (TPSA) is 21.3 Å². The standard InChI is InChI=1S/C13H17NO.ClH/c1-10-2-3-11-12(8-10)15-9-13(11)4-6-14-7-5-13;/h2-3,8,14H,4-7,9H2,1H3;1H. The summed E-state index contributed by atoms with van der Waals surface area (Å²) >= 11 is 0. The Labute approximate surface area is 103 Å². The molecule has 1 aromatic carbocycles.